The van der Waals surface area contributed by atoms with Crippen molar-refractivity contribution < 1.29 is 24.1 Å². The van der Waals surface area contributed by atoms with Crippen LogP contribution in [0, 0.1) is 17.0 Å². The fourth-order valence-corrected chi connectivity index (χ4v) is 3.30. The minimum Gasteiger partial charge on any atom is -0.507 e. The molecule has 0 aliphatic heterocycles. The number of nitro benzene ring substituents is 1. The molecule has 0 saturated heterocycles. The number of nitrogens with one attached hydrogen (secondary N) is 1. The first-order chi connectivity index (χ1) is 13.7. The van der Waals surface area contributed by atoms with Crippen LogP contribution < -0.4 is 15.1 Å². The largest absolute Gasteiger partial charge is 0.507 e. The number of hydrogen-bond acceptors (Lipinski definition) is 6. The number of hydrogen-bond donors (Lipinski definition) is 2. The van der Waals surface area contributed by atoms with Crippen LogP contribution in [-0.2, 0) is 13.0 Å². The molecule has 3 aromatic rings. The summed E-state index contributed by atoms with van der Waals surface area (Å²) in [6, 6.07) is 7.42. The summed E-state index contributed by atoms with van der Waals surface area (Å²) < 4.78 is 11.6. The van der Waals surface area contributed by atoms with Crippen molar-refractivity contribution in [1.82, 2.24) is 0 Å². The van der Waals surface area contributed by atoms with Crippen molar-refractivity contribution in [2.24, 2.45) is 0 Å². The molecule has 0 aliphatic rings. The molecule has 0 unspecified atom stereocenters. The maximum atomic E-state index is 13.3. The van der Waals surface area contributed by atoms with E-state index in [1.807, 2.05) is 21.0 Å². The zero-order chi connectivity index (χ0) is 21.3. The van der Waals surface area contributed by atoms with Crippen LogP contribution in [0.15, 0.2) is 39.5 Å². The summed E-state index contributed by atoms with van der Waals surface area (Å²) in [5.41, 5.74) is 0.810. The van der Waals surface area contributed by atoms with Crippen molar-refractivity contribution in [2.75, 3.05) is 14.1 Å². The predicted molar refractivity (Wildman–Crippen MR) is 108 cm³/mol. The fourth-order valence-electron chi connectivity index (χ4n) is 3.30. The second kappa shape index (κ2) is 7.92. The Morgan fingerprint density at radius 2 is 1.97 bits per heavy atom. The van der Waals surface area contributed by atoms with E-state index in [9.17, 15) is 20.0 Å². The van der Waals surface area contributed by atoms with E-state index in [4.69, 9.17) is 9.15 Å². The summed E-state index contributed by atoms with van der Waals surface area (Å²) in [7, 11) is 3.85. The van der Waals surface area contributed by atoms with Crippen LogP contribution in [0.25, 0.3) is 11.0 Å². The van der Waals surface area contributed by atoms with Gasteiger partial charge in [-0.2, -0.15) is 0 Å². The maximum absolute atomic E-state index is 13.3. The van der Waals surface area contributed by atoms with Gasteiger partial charge in [-0.3, -0.25) is 14.9 Å². The van der Waals surface area contributed by atoms with Gasteiger partial charge in [0.15, 0.2) is 5.58 Å². The lowest BCUT2D eigenvalue weighted by Crippen LogP contribution is -3.04. The van der Waals surface area contributed by atoms with Gasteiger partial charge in [-0.15, -0.1) is 0 Å². The summed E-state index contributed by atoms with van der Waals surface area (Å²) in [5, 5.41) is 22.1. The first-order valence-electron chi connectivity index (χ1n) is 9.26. The Morgan fingerprint density at radius 1 is 1.28 bits per heavy atom. The molecule has 0 spiro atoms. The molecule has 8 nitrogen and oxygen atoms in total. The highest BCUT2D eigenvalue weighted by atomic mass is 16.6. The molecule has 0 fully saturated rings. The summed E-state index contributed by atoms with van der Waals surface area (Å²) in [4.78, 5) is 25.1. The minimum absolute atomic E-state index is 0.0398. The van der Waals surface area contributed by atoms with Gasteiger partial charge in [0.25, 0.3) is 0 Å². The van der Waals surface area contributed by atoms with Crippen LogP contribution in [0.4, 0.5) is 5.69 Å². The van der Waals surface area contributed by atoms with Gasteiger partial charge >= 0.3 is 5.69 Å². The fraction of sp³-hybridized carbons (Fsp3) is 0.286. The molecule has 2 aromatic carbocycles. The topological polar surface area (TPSA) is 107 Å². The number of benzene rings is 2. The van der Waals surface area contributed by atoms with E-state index in [-0.39, 0.29) is 28.7 Å². The van der Waals surface area contributed by atoms with Gasteiger partial charge < -0.3 is 19.2 Å². The lowest BCUT2D eigenvalue weighted by molar-refractivity contribution is -0.872. The van der Waals surface area contributed by atoms with E-state index in [1.165, 1.54) is 18.2 Å². The molecular weight excluding hydrogens is 376 g/mol. The Bertz CT molecular complexity index is 1150. The first kappa shape index (κ1) is 20.3. The minimum atomic E-state index is -0.569. The molecule has 3 rings (SSSR count). The second-order valence-corrected chi connectivity index (χ2v) is 7.12. The molecule has 152 valence electrons. The summed E-state index contributed by atoms with van der Waals surface area (Å²) >= 11 is 0. The number of para-hydroxylation sites is 2. The van der Waals surface area contributed by atoms with Crippen LogP contribution in [0.2, 0.25) is 0 Å². The third kappa shape index (κ3) is 3.79. The van der Waals surface area contributed by atoms with Crippen LogP contribution in [0.3, 0.4) is 0 Å². The quantitative estimate of drug-likeness (QED) is 0.487. The van der Waals surface area contributed by atoms with Gasteiger partial charge in [0.2, 0.25) is 16.9 Å². The average molecular weight is 399 g/mol. The van der Waals surface area contributed by atoms with Gasteiger partial charge in [-0.25, -0.2) is 0 Å². The zero-order valence-corrected chi connectivity index (χ0v) is 16.7. The Labute approximate surface area is 167 Å². The lowest BCUT2D eigenvalue weighted by Gasteiger charge is -2.15. The Hall–Kier alpha value is -3.39. The second-order valence-electron chi connectivity index (χ2n) is 7.12. The molecule has 1 heterocycles. The molecule has 0 amide bonds. The monoisotopic (exact) mass is 399 g/mol. The molecule has 0 atom stereocenters. The highest BCUT2D eigenvalue weighted by Gasteiger charge is 2.24. The van der Waals surface area contributed by atoms with Crippen molar-refractivity contribution in [1.29, 1.82) is 0 Å². The third-order valence-corrected chi connectivity index (χ3v) is 4.64. The SMILES string of the molecule is CCc1cc(O)c(C[NH+](C)C)c2oc(C)c(Oc3ccccc3[N+](=O)[O-])c(=O)c12. The van der Waals surface area contributed by atoms with Crippen LogP contribution in [0.5, 0.6) is 17.2 Å². The Kier molecular flexibility index (Phi) is 5.56. The molecule has 0 saturated carbocycles. The molecule has 1 aromatic heterocycles. The van der Waals surface area contributed by atoms with E-state index < -0.39 is 10.4 Å². The van der Waals surface area contributed by atoms with Crippen molar-refractivity contribution in [2.45, 2.75) is 26.8 Å². The number of fused-ring (bicyclic) bond motifs is 1. The van der Waals surface area contributed by atoms with Gasteiger partial charge in [0.05, 0.1) is 30.0 Å². The third-order valence-electron chi connectivity index (χ3n) is 4.64. The van der Waals surface area contributed by atoms with E-state index in [1.54, 1.807) is 19.1 Å². The van der Waals surface area contributed by atoms with Crippen molar-refractivity contribution >= 4 is 16.7 Å². The van der Waals surface area contributed by atoms with Crippen molar-refractivity contribution in [3.8, 4) is 17.2 Å². The summed E-state index contributed by atoms with van der Waals surface area (Å²) in [6.07, 6.45) is 0.498. The van der Waals surface area contributed by atoms with Gasteiger partial charge in [-0.05, 0) is 31.0 Å². The van der Waals surface area contributed by atoms with E-state index >= 15 is 0 Å². The van der Waals surface area contributed by atoms with Crippen LogP contribution in [0.1, 0.15) is 23.8 Å². The van der Waals surface area contributed by atoms with Gasteiger partial charge in [-0.1, -0.05) is 19.1 Å². The Morgan fingerprint density at radius 3 is 2.59 bits per heavy atom. The molecule has 0 radical (unpaired) electrons. The first-order valence-corrected chi connectivity index (χ1v) is 9.26. The lowest BCUT2D eigenvalue weighted by atomic mass is 10.0. The van der Waals surface area contributed by atoms with E-state index in [2.05, 4.69) is 0 Å². The molecule has 2 N–H and O–H groups in total. The molecule has 0 aliphatic carbocycles. The van der Waals surface area contributed by atoms with Gasteiger partial charge in [0, 0.05) is 6.07 Å². The summed E-state index contributed by atoms with van der Waals surface area (Å²) in [6.45, 7) is 3.89. The number of phenols is 1. The summed E-state index contributed by atoms with van der Waals surface area (Å²) in [5.74, 6) is 0.117. The molecule has 29 heavy (non-hydrogen) atoms. The Balaban J connectivity index is 2.28. The van der Waals surface area contributed by atoms with E-state index in [0.717, 1.165) is 4.90 Å². The van der Waals surface area contributed by atoms with Crippen molar-refractivity contribution in [3.05, 3.63) is 67.6 Å². The number of nitrogens with zero attached hydrogens (tertiary/aromatic N) is 1. The number of quaternary nitrogens is 1. The molecule has 8 heteroatoms. The van der Waals surface area contributed by atoms with Crippen molar-refractivity contribution in [3.63, 3.8) is 0 Å². The zero-order valence-electron chi connectivity index (χ0n) is 16.7. The smallest absolute Gasteiger partial charge is 0.311 e. The number of aryl methyl sites for hydroxylation is 2. The highest BCUT2D eigenvalue weighted by molar-refractivity contribution is 5.87. The van der Waals surface area contributed by atoms with Crippen LogP contribution in [-0.4, -0.2) is 24.1 Å². The number of rotatable bonds is 6. The standard InChI is InChI=1S/C21H22N2O6/c1-5-13-10-16(24)14(11-22(3)4)21-18(13)19(25)20(12(2)28-21)29-17-9-7-6-8-15(17)23(26)27/h6-10,24H,5,11H2,1-4H3/p+1. The number of nitro groups is 1. The number of ether oxygens (including phenoxy) is 1. The van der Waals surface area contributed by atoms with Gasteiger partial charge in [0.1, 0.15) is 18.1 Å². The normalized spacial score (nSPS) is 11.2. The van der Waals surface area contributed by atoms with E-state index in [0.29, 0.717) is 35.1 Å². The molecule has 0 bridgehead atoms. The average Bonchev–Trinajstić information content (AvgIpc) is 2.67. The number of aromatic hydroxyl groups is 1. The molecular formula is C21H23N2O6+. The van der Waals surface area contributed by atoms with Crippen LogP contribution >= 0.6 is 0 Å². The number of phenolic OH excluding ortho intramolecular Hbond substituents is 1. The maximum Gasteiger partial charge on any atom is 0.311 e. The predicted octanol–water partition coefficient (Wildman–Crippen LogP) is 2.71. The highest BCUT2D eigenvalue weighted by Crippen LogP contribution is 2.35.